The van der Waals surface area contributed by atoms with Crippen LogP contribution in [-0.2, 0) is 32.6 Å². The van der Waals surface area contributed by atoms with E-state index in [4.69, 9.17) is 16.3 Å². The van der Waals surface area contributed by atoms with Crippen molar-refractivity contribution in [2.75, 3.05) is 24.5 Å². The summed E-state index contributed by atoms with van der Waals surface area (Å²) in [7, 11) is -2.81. The zero-order chi connectivity index (χ0) is 33.1. The van der Waals surface area contributed by atoms with E-state index in [1.807, 2.05) is 50.2 Å². The number of methoxy groups -OCH3 is 1. The molecule has 1 N–H and O–H groups in total. The predicted octanol–water partition coefficient (Wildman–Crippen LogP) is 6.41. The van der Waals surface area contributed by atoms with Crippen LogP contribution in [0.15, 0.2) is 108 Å². The minimum atomic E-state index is -4.25. The van der Waals surface area contributed by atoms with Crippen molar-refractivity contribution >= 4 is 39.1 Å². The number of rotatable bonds is 15. The number of aryl methyl sites for hydroxylation is 1. The van der Waals surface area contributed by atoms with Crippen LogP contribution in [0.3, 0.4) is 0 Å². The third kappa shape index (κ3) is 8.89. The summed E-state index contributed by atoms with van der Waals surface area (Å²) in [5.41, 5.74) is 2.65. The van der Waals surface area contributed by atoms with Gasteiger partial charge in [0.05, 0.1) is 17.7 Å². The smallest absolute Gasteiger partial charge is 0.264 e. The second kappa shape index (κ2) is 16.3. The van der Waals surface area contributed by atoms with Crippen LogP contribution in [0, 0.1) is 6.92 Å². The molecule has 1 unspecified atom stereocenters. The van der Waals surface area contributed by atoms with Crippen molar-refractivity contribution in [3.8, 4) is 5.75 Å². The number of hydrogen-bond acceptors (Lipinski definition) is 5. The molecule has 46 heavy (non-hydrogen) atoms. The molecule has 0 bridgehead atoms. The van der Waals surface area contributed by atoms with E-state index in [9.17, 15) is 18.0 Å². The largest absolute Gasteiger partial charge is 0.495 e. The maximum Gasteiger partial charge on any atom is 0.264 e. The van der Waals surface area contributed by atoms with Gasteiger partial charge >= 0.3 is 0 Å². The molecule has 0 saturated heterocycles. The molecule has 0 fully saturated rings. The molecule has 10 heteroatoms. The van der Waals surface area contributed by atoms with Gasteiger partial charge < -0.3 is 15.0 Å². The van der Waals surface area contributed by atoms with Crippen LogP contribution in [0.4, 0.5) is 5.69 Å². The maximum atomic E-state index is 14.6. The van der Waals surface area contributed by atoms with E-state index in [0.717, 1.165) is 28.3 Å². The second-order valence-corrected chi connectivity index (χ2v) is 13.3. The summed E-state index contributed by atoms with van der Waals surface area (Å²) in [4.78, 5) is 29.9. The van der Waals surface area contributed by atoms with Crippen LogP contribution in [0.25, 0.3) is 0 Å². The number of amides is 2. The highest BCUT2D eigenvalue weighted by Crippen LogP contribution is 2.33. The fourth-order valence-corrected chi connectivity index (χ4v) is 6.72. The molecule has 0 aliphatic heterocycles. The van der Waals surface area contributed by atoms with Crippen molar-refractivity contribution in [2.45, 2.75) is 50.6 Å². The van der Waals surface area contributed by atoms with Gasteiger partial charge in [-0.25, -0.2) is 8.42 Å². The van der Waals surface area contributed by atoms with E-state index >= 15 is 0 Å². The molecule has 0 aliphatic carbocycles. The molecular weight excluding hydrogens is 622 g/mol. The molecule has 0 radical (unpaired) electrons. The molecule has 0 aliphatic rings. The molecule has 4 rings (SSSR count). The van der Waals surface area contributed by atoms with E-state index in [-0.39, 0.29) is 35.2 Å². The van der Waals surface area contributed by atoms with Gasteiger partial charge in [-0.05, 0) is 60.9 Å². The lowest BCUT2D eigenvalue weighted by Crippen LogP contribution is -2.53. The maximum absolute atomic E-state index is 14.6. The first-order valence-electron chi connectivity index (χ1n) is 15.2. The monoisotopic (exact) mass is 661 g/mol. The van der Waals surface area contributed by atoms with Crippen molar-refractivity contribution < 1.29 is 22.7 Å². The van der Waals surface area contributed by atoms with Crippen molar-refractivity contribution in [1.82, 2.24) is 10.2 Å². The number of sulfonamides is 1. The summed E-state index contributed by atoms with van der Waals surface area (Å²) < 4.78 is 35.1. The number of para-hydroxylation sites is 2. The lowest BCUT2D eigenvalue weighted by molar-refractivity contribution is -0.140. The van der Waals surface area contributed by atoms with Crippen LogP contribution >= 0.6 is 11.6 Å². The number of hydrogen-bond donors (Lipinski definition) is 1. The molecule has 4 aromatic rings. The molecule has 0 saturated carbocycles. The van der Waals surface area contributed by atoms with Crippen molar-refractivity contribution in [3.63, 3.8) is 0 Å². The van der Waals surface area contributed by atoms with Crippen LogP contribution in [-0.4, -0.2) is 51.4 Å². The summed E-state index contributed by atoms with van der Waals surface area (Å²) in [5.74, 6) is -0.600. The molecule has 2 amide bonds. The number of anilines is 1. The Morgan fingerprint density at radius 3 is 2.24 bits per heavy atom. The Morgan fingerprint density at radius 1 is 0.891 bits per heavy atom. The van der Waals surface area contributed by atoms with Gasteiger partial charge in [0.25, 0.3) is 10.0 Å². The van der Waals surface area contributed by atoms with Gasteiger partial charge in [0.15, 0.2) is 0 Å². The summed E-state index contributed by atoms with van der Waals surface area (Å²) in [6, 6.07) is 28.6. The summed E-state index contributed by atoms with van der Waals surface area (Å²) in [6.45, 7) is 3.80. The van der Waals surface area contributed by atoms with Gasteiger partial charge in [-0.3, -0.25) is 13.9 Å². The quantitative estimate of drug-likeness (QED) is 0.149. The number of unbranched alkanes of at least 4 members (excludes halogenated alkanes) is 1. The fraction of sp³-hybridized carbons (Fsp3) is 0.278. The molecule has 4 aromatic carbocycles. The van der Waals surface area contributed by atoms with Crippen molar-refractivity contribution in [1.29, 1.82) is 0 Å². The normalized spacial score (nSPS) is 11.8. The van der Waals surface area contributed by atoms with Gasteiger partial charge in [-0.2, -0.15) is 0 Å². The Balaban J connectivity index is 1.82. The van der Waals surface area contributed by atoms with Gasteiger partial charge in [-0.15, -0.1) is 0 Å². The van der Waals surface area contributed by atoms with Crippen LogP contribution in [0.2, 0.25) is 5.02 Å². The number of halogens is 1. The fourth-order valence-electron chi connectivity index (χ4n) is 5.08. The van der Waals surface area contributed by atoms with Gasteiger partial charge in [-0.1, -0.05) is 97.2 Å². The number of ether oxygens (including phenoxy) is 1. The number of carbonyl (C=O) groups excluding carboxylic acids is 2. The molecule has 8 nitrogen and oxygen atoms in total. The van der Waals surface area contributed by atoms with E-state index in [1.165, 1.54) is 24.1 Å². The highest BCUT2D eigenvalue weighted by atomic mass is 35.5. The first kappa shape index (κ1) is 34.5. The zero-order valence-electron chi connectivity index (χ0n) is 26.4. The highest BCUT2D eigenvalue weighted by Gasteiger charge is 2.35. The molecular formula is C36H40ClN3O5S. The molecule has 0 aromatic heterocycles. The van der Waals surface area contributed by atoms with Crippen LogP contribution in [0.5, 0.6) is 5.75 Å². The minimum Gasteiger partial charge on any atom is -0.495 e. The molecule has 1 atom stereocenters. The van der Waals surface area contributed by atoms with E-state index in [0.29, 0.717) is 17.1 Å². The average molecular weight is 662 g/mol. The predicted molar refractivity (Wildman–Crippen MR) is 183 cm³/mol. The number of nitrogens with one attached hydrogen (secondary N) is 1. The SMILES string of the molecule is CCCCNC(=O)C(Cc1ccccc1)N(Cc1cccc(Cl)c1)C(=O)CN(c1ccccc1OC)S(=O)(=O)c1ccc(C)cc1. The Kier molecular flexibility index (Phi) is 12.2. The summed E-state index contributed by atoms with van der Waals surface area (Å²) >= 11 is 6.32. The third-order valence-electron chi connectivity index (χ3n) is 7.58. The number of carbonyl (C=O) groups is 2. The van der Waals surface area contributed by atoms with Gasteiger partial charge in [0.2, 0.25) is 11.8 Å². The van der Waals surface area contributed by atoms with Crippen LogP contribution < -0.4 is 14.4 Å². The van der Waals surface area contributed by atoms with Gasteiger partial charge in [0, 0.05) is 24.5 Å². The first-order chi connectivity index (χ1) is 22.1. The van der Waals surface area contributed by atoms with Crippen molar-refractivity contribution in [2.24, 2.45) is 0 Å². The van der Waals surface area contributed by atoms with Gasteiger partial charge in [0.1, 0.15) is 18.3 Å². The topological polar surface area (TPSA) is 96.0 Å². The lowest BCUT2D eigenvalue weighted by atomic mass is 10.0. The summed E-state index contributed by atoms with van der Waals surface area (Å²) in [6.07, 6.45) is 1.90. The molecule has 0 spiro atoms. The average Bonchev–Trinajstić information content (AvgIpc) is 3.05. The van der Waals surface area contributed by atoms with Crippen LogP contribution in [0.1, 0.15) is 36.5 Å². The van der Waals surface area contributed by atoms with E-state index < -0.39 is 28.5 Å². The zero-order valence-corrected chi connectivity index (χ0v) is 27.9. The Morgan fingerprint density at radius 2 is 1.57 bits per heavy atom. The van der Waals surface area contributed by atoms with Crippen molar-refractivity contribution in [3.05, 3.63) is 125 Å². The molecule has 242 valence electrons. The Labute approximate surface area is 277 Å². The number of nitrogens with zero attached hydrogens (tertiary/aromatic N) is 2. The standard InChI is InChI=1S/C36H40ClN3O5S/c1-4-5-22-38-36(42)33(24-28-12-7-6-8-13-28)39(25-29-14-11-15-30(37)23-29)35(41)26-40(32-16-9-10-17-34(32)45-3)46(43,44)31-20-18-27(2)19-21-31/h6-21,23,33H,4-5,22,24-26H2,1-3H3,(H,38,42). The minimum absolute atomic E-state index is 0.0244. The number of benzene rings is 4. The Hall–Kier alpha value is -4.34. The Bertz CT molecular complexity index is 1720. The second-order valence-electron chi connectivity index (χ2n) is 11.0. The third-order valence-corrected chi connectivity index (χ3v) is 9.59. The highest BCUT2D eigenvalue weighted by molar-refractivity contribution is 7.92. The van der Waals surface area contributed by atoms with E-state index in [2.05, 4.69) is 5.32 Å². The first-order valence-corrected chi connectivity index (χ1v) is 17.0. The lowest BCUT2D eigenvalue weighted by Gasteiger charge is -2.34. The van der Waals surface area contributed by atoms with E-state index in [1.54, 1.807) is 54.6 Å². The summed E-state index contributed by atoms with van der Waals surface area (Å²) in [5, 5.41) is 3.47. The molecule has 0 heterocycles.